The number of amidine groups is 1. The molecular weight excluding hydrogens is 788 g/mol. The summed E-state index contributed by atoms with van der Waals surface area (Å²) in [5, 5.41) is 8.07. The van der Waals surface area contributed by atoms with Gasteiger partial charge in [0, 0.05) is 108 Å². The number of Topliss-reactive ketones (excluding diaryl/α,β-unsaturated/α-hetero) is 2. The number of aliphatic imine (C=N–C) groups is 1. The van der Waals surface area contributed by atoms with Crippen molar-refractivity contribution in [3.8, 4) is 11.1 Å². The summed E-state index contributed by atoms with van der Waals surface area (Å²) in [6, 6.07) is 9.14. The third kappa shape index (κ3) is 7.67. The van der Waals surface area contributed by atoms with Crippen molar-refractivity contribution in [2.24, 2.45) is 4.99 Å². The molecule has 318 valence electrons. The summed E-state index contributed by atoms with van der Waals surface area (Å²) in [4.78, 5) is 58.8. The highest BCUT2D eigenvalue weighted by Crippen LogP contribution is 2.39. The van der Waals surface area contributed by atoms with Crippen LogP contribution in [0, 0.1) is 6.92 Å². The minimum absolute atomic E-state index is 0.0801. The molecule has 0 spiro atoms. The topological polar surface area (TPSA) is 130 Å². The summed E-state index contributed by atoms with van der Waals surface area (Å²) < 4.78 is 2.16. The fourth-order valence-corrected chi connectivity index (χ4v) is 10.6. The number of likely N-dealkylation sites (N-methyl/N-ethyl adjacent to an activating group) is 2. The molecule has 0 aromatic carbocycles. The average Bonchev–Trinajstić information content (AvgIpc) is 3.81. The van der Waals surface area contributed by atoms with Crippen LogP contribution in [0.15, 0.2) is 78.0 Å². The van der Waals surface area contributed by atoms with Crippen molar-refractivity contribution in [2.45, 2.75) is 75.8 Å². The van der Waals surface area contributed by atoms with Crippen molar-refractivity contribution >= 4 is 40.5 Å². The van der Waals surface area contributed by atoms with Gasteiger partial charge >= 0.3 is 0 Å². The van der Waals surface area contributed by atoms with E-state index in [2.05, 4.69) is 102 Å². The maximum absolute atomic E-state index is 13.4. The number of hydrogen-bond acceptors (Lipinski definition) is 13. The van der Waals surface area contributed by atoms with Crippen LogP contribution in [0.4, 0.5) is 5.82 Å². The molecule has 14 nitrogen and oxygen atoms in total. The summed E-state index contributed by atoms with van der Waals surface area (Å²) >= 11 is 7.11. The van der Waals surface area contributed by atoms with Crippen molar-refractivity contribution in [3.63, 3.8) is 0 Å². The monoisotopic (exact) mass is 842 g/mol. The number of piperazine rings is 2. The quantitative estimate of drug-likeness (QED) is 0.267. The van der Waals surface area contributed by atoms with Crippen LogP contribution in [0.25, 0.3) is 16.8 Å². The van der Waals surface area contributed by atoms with Gasteiger partial charge in [0.2, 0.25) is 0 Å². The van der Waals surface area contributed by atoms with Crippen LogP contribution >= 0.6 is 11.6 Å². The number of rotatable bonds is 7. The highest BCUT2D eigenvalue weighted by molar-refractivity contribution is 6.31. The number of imidazole rings is 1. The van der Waals surface area contributed by atoms with Crippen LogP contribution in [0.3, 0.4) is 0 Å². The van der Waals surface area contributed by atoms with Crippen molar-refractivity contribution in [1.29, 1.82) is 0 Å². The van der Waals surface area contributed by atoms with Gasteiger partial charge in [0.05, 0.1) is 46.6 Å². The zero-order valence-electron chi connectivity index (χ0n) is 35.5. The molecule has 4 saturated heterocycles. The van der Waals surface area contributed by atoms with Crippen molar-refractivity contribution < 1.29 is 9.59 Å². The Balaban J connectivity index is 0.906. The standard InChI is InChI=1S/C46H55ClN12O2/c1-28-7-6-11-48-42(28)35-23-32(60)26-38(50-35)45-46(57-19-15-55(4)16-20-57)58-12-10-30(22-40(58)53-45)31-21-34(47)44(49-27-31)37-25-33(61)24-36(51-37)43-29(2)59-39(52-43)8-5-9-41(59)56-17-13-54(3)14-18-56/h5-12,21-22,27,29,35-38,43,50-51H,13-20,23-26H2,1-4H3/t29-,35?,36+,37-,38?,43?/m0/s1. The molecule has 3 unspecified atom stereocenters. The van der Waals surface area contributed by atoms with Gasteiger partial charge in [-0.05, 0) is 75.5 Å². The Morgan fingerprint density at radius 3 is 2.18 bits per heavy atom. The molecule has 6 atom stereocenters. The molecule has 10 heterocycles. The molecule has 0 bridgehead atoms. The van der Waals surface area contributed by atoms with E-state index in [9.17, 15) is 9.59 Å². The molecule has 2 N–H and O–H groups in total. The fraction of sp³-hybridized carbons (Fsp3) is 0.478. The highest BCUT2D eigenvalue weighted by atomic mass is 35.5. The molecular formula is C46H55ClN12O2. The number of carbonyl (C=O) groups excluding carboxylic acids is 2. The maximum Gasteiger partial charge on any atom is 0.139 e. The summed E-state index contributed by atoms with van der Waals surface area (Å²) in [5.41, 5.74) is 6.10. The van der Waals surface area contributed by atoms with Gasteiger partial charge in [-0.25, -0.2) is 4.98 Å². The van der Waals surface area contributed by atoms with Gasteiger partial charge in [-0.15, -0.1) is 0 Å². The molecule has 0 saturated carbocycles. The van der Waals surface area contributed by atoms with Gasteiger partial charge in [-0.2, -0.15) is 0 Å². The lowest BCUT2D eigenvalue weighted by molar-refractivity contribution is -0.122. The van der Waals surface area contributed by atoms with Gasteiger partial charge in [-0.3, -0.25) is 34.3 Å². The summed E-state index contributed by atoms with van der Waals surface area (Å²) in [6.07, 6.45) is 13.6. The summed E-state index contributed by atoms with van der Waals surface area (Å²) in [5.74, 6) is 3.55. The van der Waals surface area contributed by atoms with E-state index >= 15 is 0 Å². The molecule has 10 rings (SSSR count). The first kappa shape index (κ1) is 40.1. The number of nitrogens with one attached hydrogen (secondary N) is 2. The molecule has 6 aliphatic rings. The number of halogens is 1. The molecule has 0 radical (unpaired) electrons. The van der Waals surface area contributed by atoms with Gasteiger partial charge in [-0.1, -0.05) is 23.7 Å². The summed E-state index contributed by atoms with van der Waals surface area (Å²) in [6.45, 7) is 11.9. The van der Waals surface area contributed by atoms with Crippen molar-refractivity contribution in [1.82, 2.24) is 49.6 Å². The van der Waals surface area contributed by atoms with Crippen molar-refractivity contribution in [2.75, 3.05) is 71.4 Å². The van der Waals surface area contributed by atoms with Gasteiger partial charge in [0.25, 0.3) is 0 Å². The first-order valence-electron chi connectivity index (χ1n) is 21.8. The van der Waals surface area contributed by atoms with E-state index in [1.165, 1.54) is 5.82 Å². The largest absolute Gasteiger partial charge is 0.355 e. The van der Waals surface area contributed by atoms with Crippen LogP contribution < -0.4 is 15.5 Å². The second-order valence-electron chi connectivity index (χ2n) is 17.8. The Morgan fingerprint density at radius 2 is 1.46 bits per heavy atom. The number of ketones is 2. The van der Waals surface area contributed by atoms with E-state index in [1.54, 1.807) is 6.20 Å². The lowest BCUT2D eigenvalue weighted by Gasteiger charge is -2.42. The van der Waals surface area contributed by atoms with Gasteiger partial charge in [0.15, 0.2) is 0 Å². The third-order valence-corrected chi connectivity index (χ3v) is 13.9. The Labute approximate surface area is 362 Å². The molecule has 4 aromatic heterocycles. The second kappa shape index (κ2) is 16.4. The van der Waals surface area contributed by atoms with Crippen LogP contribution in [-0.2, 0) is 9.59 Å². The van der Waals surface area contributed by atoms with Gasteiger partial charge < -0.3 is 29.8 Å². The van der Waals surface area contributed by atoms with E-state index < -0.39 is 0 Å². The maximum atomic E-state index is 13.4. The molecule has 4 fully saturated rings. The van der Waals surface area contributed by atoms with E-state index in [1.807, 2.05) is 31.3 Å². The zero-order valence-corrected chi connectivity index (χ0v) is 36.2. The minimum atomic E-state index is -0.325. The van der Waals surface area contributed by atoms with Crippen LogP contribution in [-0.4, -0.2) is 141 Å². The number of aryl methyl sites for hydroxylation is 1. The third-order valence-electron chi connectivity index (χ3n) is 13.6. The Hall–Kier alpha value is -4.99. The predicted octanol–water partition coefficient (Wildman–Crippen LogP) is 4.73. The van der Waals surface area contributed by atoms with E-state index in [-0.39, 0.29) is 47.8 Å². The fourth-order valence-electron chi connectivity index (χ4n) is 10.3. The van der Waals surface area contributed by atoms with E-state index in [0.717, 1.165) is 97.7 Å². The SMILES string of the molecule is Cc1cccnc1C1CC(=O)CC(c2nc3cc(-c4cnc([C@@H]5CC(=O)C[C@H](C6N=C7C=CC=C(N8CCN(C)CC8)N7[C@H]6C)N5)c(Cl)c4)ccn3c2N2CCN(C)CC2)N1. The summed E-state index contributed by atoms with van der Waals surface area (Å²) in [7, 11) is 4.32. The number of piperidine rings is 2. The number of allylic oxidation sites excluding steroid dienone is 2. The smallest absolute Gasteiger partial charge is 0.139 e. The molecule has 15 heteroatoms. The number of hydrogen-bond donors (Lipinski definition) is 2. The van der Waals surface area contributed by atoms with Crippen LogP contribution in [0.1, 0.15) is 73.4 Å². The lowest BCUT2D eigenvalue weighted by Crippen LogP contribution is -2.54. The lowest BCUT2D eigenvalue weighted by atomic mass is 9.88. The Morgan fingerprint density at radius 1 is 0.770 bits per heavy atom. The number of aromatic nitrogens is 4. The first-order chi connectivity index (χ1) is 29.6. The number of carbonyl (C=O) groups is 2. The Bertz CT molecular complexity index is 2450. The average molecular weight is 843 g/mol. The molecule has 6 aliphatic heterocycles. The normalized spacial score (nSPS) is 27.8. The molecule has 0 amide bonds. The number of pyridine rings is 3. The molecule has 4 aromatic rings. The number of fused-ring (bicyclic) bond motifs is 2. The second-order valence-corrected chi connectivity index (χ2v) is 18.2. The number of nitrogens with zero attached hydrogens (tertiary/aromatic N) is 10. The minimum Gasteiger partial charge on any atom is -0.355 e. The van der Waals surface area contributed by atoms with E-state index in [0.29, 0.717) is 36.4 Å². The zero-order chi connectivity index (χ0) is 41.9. The predicted molar refractivity (Wildman–Crippen MR) is 238 cm³/mol. The van der Waals surface area contributed by atoms with Crippen LogP contribution in [0.2, 0.25) is 5.02 Å². The van der Waals surface area contributed by atoms with Crippen LogP contribution in [0.5, 0.6) is 0 Å². The first-order valence-corrected chi connectivity index (χ1v) is 22.2. The number of anilines is 1. The van der Waals surface area contributed by atoms with Gasteiger partial charge in [0.1, 0.15) is 40.4 Å². The molecule has 61 heavy (non-hydrogen) atoms. The Kier molecular flexibility index (Phi) is 10.8. The van der Waals surface area contributed by atoms with E-state index in [4.69, 9.17) is 26.6 Å². The van der Waals surface area contributed by atoms with Crippen molar-refractivity contribution in [3.05, 3.63) is 101 Å². The highest BCUT2D eigenvalue weighted by Gasteiger charge is 2.44. The molecule has 0 aliphatic carbocycles.